The number of imidazole rings is 1. The second kappa shape index (κ2) is 7.75. The molecule has 0 atom stereocenters. The largest absolute Gasteiger partial charge is 0.325 e. The molecule has 156 valence electrons. The molecule has 4 rings (SSSR count). The minimum atomic E-state index is -0.251. The first-order valence-corrected chi connectivity index (χ1v) is 10.3. The molecule has 30 heavy (non-hydrogen) atoms. The molecule has 0 saturated heterocycles. The third-order valence-corrected chi connectivity index (χ3v) is 4.99. The number of aryl methyl sites for hydroxylation is 1. The molecule has 7 heteroatoms. The number of nitrogens with one attached hydrogen (secondary N) is 1. The number of aliphatic imine (C=N–C) groups is 1. The molecular formula is C23H28ClN5Sn. The average Bonchev–Trinajstić information content (AvgIpc) is 2.86. The summed E-state index contributed by atoms with van der Waals surface area (Å²) < 4.78 is 2.07. The van der Waals surface area contributed by atoms with Gasteiger partial charge in [-0.15, -0.1) is 0 Å². The maximum atomic E-state index is 6.38. The van der Waals surface area contributed by atoms with Crippen LogP contribution in [0.2, 0.25) is 5.02 Å². The molecular weight excluding hydrogens is 500 g/mol. The molecule has 2 aromatic heterocycles. The molecule has 4 radical (unpaired) electrons. The second-order valence-electron chi connectivity index (χ2n) is 9.65. The van der Waals surface area contributed by atoms with Gasteiger partial charge in [-0.1, -0.05) is 23.2 Å². The third kappa shape index (κ3) is 4.19. The summed E-state index contributed by atoms with van der Waals surface area (Å²) in [7, 11) is 0. The Morgan fingerprint density at radius 1 is 1.03 bits per heavy atom. The van der Waals surface area contributed by atoms with Crippen molar-refractivity contribution in [3.8, 4) is 11.3 Å². The zero-order valence-electron chi connectivity index (χ0n) is 18.6. The van der Waals surface area contributed by atoms with Gasteiger partial charge in [0.15, 0.2) is 0 Å². The fraction of sp³-hybridized carbons (Fsp3) is 0.391. The van der Waals surface area contributed by atoms with Crippen molar-refractivity contribution in [2.75, 3.05) is 10.2 Å². The van der Waals surface area contributed by atoms with Crippen LogP contribution >= 0.6 is 11.6 Å². The Hall–Kier alpha value is -1.73. The fourth-order valence-corrected chi connectivity index (χ4v) is 3.83. The maximum Gasteiger partial charge on any atom is 0.205 e. The summed E-state index contributed by atoms with van der Waals surface area (Å²) in [6.07, 6.45) is 1.93. The van der Waals surface area contributed by atoms with Gasteiger partial charge in [0.1, 0.15) is 17.2 Å². The van der Waals surface area contributed by atoms with Crippen molar-refractivity contribution in [1.82, 2.24) is 9.38 Å². The summed E-state index contributed by atoms with van der Waals surface area (Å²) in [5.74, 6) is 1.77. The summed E-state index contributed by atoms with van der Waals surface area (Å²) in [6.45, 7) is 15.0. The Bertz CT molecular complexity index is 1130. The Kier molecular flexibility index (Phi) is 5.93. The first-order valence-electron chi connectivity index (χ1n) is 9.90. The molecule has 0 fully saturated rings. The molecule has 0 unspecified atom stereocenters. The fourth-order valence-electron chi connectivity index (χ4n) is 3.67. The van der Waals surface area contributed by atoms with Gasteiger partial charge in [0.25, 0.3) is 0 Å². The van der Waals surface area contributed by atoms with E-state index in [4.69, 9.17) is 21.6 Å². The monoisotopic (exact) mass is 529 g/mol. The van der Waals surface area contributed by atoms with Gasteiger partial charge in [-0.05, 0) is 72.7 Å². The van der Waals surface area contributed by atoms with E-state index in [1.165, 1.54) is 5.56 Å². The molecule has 0 bridgehead atoms. The van der Waals surface area contributed by atoms with Crippen LogP contribution in [0.4, 0.5) is 11.5 Å². The average molecular weight is 529 g/mol. The SMILES string of the molecule is Cc1ccc2c(c1)-c1nc3ccc(Cl)cn3c1N(C(C)(C)C)C(=NC(C)(C)C)N2.[Sn]. The van der Waals surface area contributed by atoms with E-state index in [0.29, 0.717) is 5.02 Å². The van der Waals surface area contributed by atoms with Gasteiger partial charge < -0.3 is 5.32 Å². The van der Waals surface area contributed by atoms with Gasteiger partial charge in [-0.2, -0.15) is 0 Å². The smallest absolute Gasteiger partial charge is 0.205 e. The summed E-state index contributed by atoms with van der Waals surface area (Å²) in [4.78, 5) is 12.3. The summed E-state index contributed by atoms with van der Waals surface area (Å²) in [5, 5.41) is 4.27. The molecule has 1 aliphatic rings. The predicted octanol–water partition coefficient (Wildman–Crippen LogP) is 5.77. The van der Waals surface area contributed by atoms with Crippen LogP contribution in [0.3, 0.4) is 0 Å². The van der Waals surface area contributed by atoms with Crippen molar-refractivity contribution < 1.29 is 0 Å². The van der Waals surface area contributed by atoms with E-state index in [1.54, 1.807) is 0 Å². The Balaban J connectivity index is 0.00000256. The zero-order valence-corrected chi connectivity index (χ0v) is 22.2. The minimum absolute atomic E-state index is 0. The van der Waals surface area contributed by atoms with E-state index in [9.17, 15) is 0 Å². The maximum absolute atomic E-state index is 6.38. The van der Waals surface area contributed by atoms with Crippen molar-refractivity contribution in [2.45, 2.75) is 59.5 Å². The summed E-state index contributed by atoms with van der Waals surface area (Å²) in [6, 6.07) is 10.2. The minimum Gasteiger partial charge on any atom is -0.325 e. The van der Waals surface area contributed by atoms with Crippen LogP contribution in [0, 0.1) is 6.92 Å². The molecule has 1 N–H and O–H groups in total. The molecule has 0 amide bonds. The Labute approximate surface area is 200 Å². The van der Waals surface area contributed by atoms with E-state index in [2.05, 4.69) is 81.3 Å². The predicted molar refractivity (Wildman–Crippen MR) is 129 cm³/mol. The number of hydrogen-bond acceptors (Lipinski definition) is 2. The number of fused-ring (bicyclic) bond motifs is 5. The molecule has 0 saturated carbocycles. The van der Waals surface area contributed by atoms with Crippen LogP contribution in [0.15, 0.2) is 41.5 Å². The van der Waals surface area contributed by atoms with Gasteiger partial charge in [0.2, 0.25) is 5.96 Å². The van der Waals surface area contributed by atoms with E-state index < -0.39 is 0 Å². The molecule has 0 aliphatic carbocycles. The number of halogens is 1. The second-order valence-corrected chi connectivity index (χ2v) is 10.1. The van der Waals surface area contributed by atoms with Crippen LogP contribution in [-0.4, -0.2) is 50.3 Å². The normalized spacial score (nSPS) is 15.3. The number of rotatable bonds is 0. The standard InChI is InChI=1S/C23H28ClN5.Sn/c1-14-8-10-17-16(12-14)19-20(28-13-15(24)9-11-18(28)26-19)29(23(5,6)7)21(25-17)27-22(2,3)4;/h8-13H,1-7H3,(H,25,27);. The van der Waals surface area contributed by atoms with Gasteiger partial charge >= 0.3 is 0 Å². The van der Waals surface area contributed by atoms with Crippen molar-refractivity contribution in [3.63, 3.8) is 0 Å². The van der Waals surface area contributed by atoms with Crippen LogP contribution in [0.1, 0.15) is 47.1 Å². The summed E-state index contributed by atoms with van der Waals surface area (Å²) >= 11 is 6.38. The van der Waals surface area contributed by atoms with E-state index in [-0.39, 0.29) is 35.0 Å². The van der Waals surface area contributed by atoms with E-state index >= 15 is 0 Å². The number of guanidine groups is 1. The van der Waals surface area contributed by atoms with Gasteiger partial charge in [-0.3, -0.25) is 9.30 Å². The third-order valence-electron chi connectivity index (χ3n) is 4.77. The number of nitrogens with zero attached hydrogens (tertiary/aromatic N) is 4. The summed E-state index contributed by atoms with van der Waals surface area (Å²) in [5.41, 5.74) is 4.53. The van der Waals surface area contributed by atoms with E-state index in [1.807, 2.05) is 18.3 Å². The first-order chi connectivity index (χ1) is 13.4. The molecule has 1 aliphatic heterocycles. The quantitative estimate of drug-likeness (QED) is 0.377. The van der Waals surface area contributed by atoms with Crippen molar-refractivity contribution in [1.29, 1.82) is 0 Å². The molecule has 3 heterocycles. The Morgan fingerprint density at radius 3 is 2.37 bits per heavy atom. The van der Waals surface area contributed by atoms with Gasteiger partial charge in [0.05, 0.1) is 16.2 Å². The molecule has 0 spiro atoms. The number of pyridine rings is 1. The van der Waals surface area contributed by atoms with E-state index in [0.717, 1.165) is 34.4 Å². The zero-order chi connectivity index (χ0) is 21.1. The molecule has 5 nitrogen and oxygen atoms in total. The van der Waals surface area contributed by atoms with Crippen molar-refractivity contribution in [3.05, 3.63) is 47.1 Å². The number of benzene rings is 1. The van der Waals surface area contributed by atoms with Crippen LogP contribution in [0.5, 0.6) is 0 Å². The molecule has 1 aromatic carbocycles. The molecule has 3 aromatic rings. The van der Waals surface area contributed by atoms with Crippen molar-refractivity contribution in [2.24, 2.45) is 4.99 Å². The number of aromatic nitrogens is 2. The van der Waals surface area contributed by atoms with Gasteiger partial charge in [0, 0.05) is 41.2 Å². The number of hydrogen-bond donors (Lipinski definition) is 1. The van der Waals surface area contributed by atoms with Crippen LogP contribution in [-0.2, 0) is 0 Å². The van der Waals surface area contributed by atoms with Crippen molar-refractivity contribution >= 4 is 58.6 Å². The van der Waals surface area contributed by atoms with Crippen LogP contribution < -0.4 is 10.2 Å². The first kappa shape index (κ1) is 22.9. The topological polar surface area (TPSA) is 44.9 Å². The van der Waals surface area contributed by atoms with Gasteiger partial charge in [-0.25, -0.2) is 9.98 Å². The Morgan fingerprint density at radius 2 is 1.73 bits per heavy atom. The number of anilines is 2. The van der Waals surface area contributed by atoms with Crippen LogP contribution in [0.25, 0.3) is 16.9 Å².